The van der Waals surface area contributed by atoms with Crippen LogP contribution < -0.4 is 0 Å². The standard InChI is InChI=1S/C12H13FO3.C8H7FO3/c13-10-5-3-9(4-6-10)11(12(14)15)16-7-8-1-2-8;9-6-3-1-5(2-4-6)7(10)8(11)12/h3-6,8,11H,1-2,7H2,(H,14,15);1-4,7,10H,(H,11,12). The van der Waals surface area contributed by atoms with Gasteiger partial charge in [-0.2, -0.15) is 0 Å². The Bertz CT molecular complexity index is 787. The predicted molar refractivity (Wildman–Crippen MR) is 94.4 cm³/mol. The van der Waals surface area contributed by atoms with Crippen LogP contribution in [0.4, 0.5) is 8.78 Å². The third-order valence-corrected chi connectivity index (χ3v) is 4.01. The van der Waals surface area contributed by atoms with E-state index in [1.165, 1.54) is 36.4 Å². The van der Waals surface area contributed by atoms with Gasteiger partial charge in [0.2, 0.25) is 0 Å². The quantitative estimate of drug-likeness (QED) is 0.666. The highest BCUT2D eigenvalue weighted by Crippen LogP contribution is 2.31. The maximum absolute atomic E-state index is 12.7. The van der Waals surface area contributed by atoms with Crippen LogP contribution in [-0.4, -0.2) is 33.9 Å². The summed E-state index contributed by atoms with van der Waals surface area (Å²) in [4.78, 5) is 21.2. The zero-order valence-electron chi connectivity index (χ0n) is 14.8. The van der Waals surface area contributed by atoms with Crippen molar-refractivity contribution in [1.29, 1.82) is 0 Å². The number of aliphatic hydroxyl groups is 1. The molecule has 0 radical (unpaired) electrons. The molecule has 1 saturated carbocycles. The van der Waals surface area contributed by atoms with Gasteiger partial charge in [0.1, 0.15) is 11.6 Å². The molecule has 1 aliphatic carbocycles. The lowest BCUT2D eigenvalue weighted by atomic mass is 10.1. The smallest absolute Gasteiger partial charge is 0.337 e. The number of carboxylic acid groups (broad SMARTS) is 2. The van der Waals surface area contributed by atoms with E-state index < -0.39 is 30.0 Å². The number of aliphatic hydroxyl groups excluding tert-OH is 1. The number of benzene rings is 2. The molecule has 1 aliphatic rings. The summed E-state index contributed by atoms with van der Waals surface area (Å²) in [5.74, 6) is -2.72. The fraction of sp³-hybridized carbons (Fsp3) is 0.300. The van der Waals surface area contributed by atoms with Crippen molar-refractivity contribution in [2.75, 3.05) is 6.61 Å². The Morgan fingerprint density at radius 1 is 0.893 bits per heavy atom. The van der Waals surface area contributed by atoms with Crippen LogP contribution in [0.25, 0.3) is 0 Å². The molecular formula is C20H20F2O6. The van der Waals surface area contributed by atoms with Crippen molar-refractivity contribution in [3.63, 3.8) is 0 Å². The minimum atomic E-state index is -1.58. The van der Waals surface area contributed by atoms with Gasteiger partial charge >= 0.3 is 11.9 Å². The largest absolute Gasteiger partial charge is 0.479 e. The van der Waals surface area contributed by atoms with Gasteiger partial charge in [0.15, 0.2) is 12.2 Å². The molecule has 0 bridgehead atoms. The Morgan fingerprint density at radius 2 is 1.36 bits per heavy atom. The molecular weight excluding hydrogens is 374 g/mol. The molecule has 3 N–H and O–H groups in total. The molecule has 6 nitrogen and oxygen atoms in total. The lowest BCUT2D eigenvalue weighted by molar-refractivity contribution is -0.151. The first-order valence-corrected chi connectivity index (χ1v) is 8.54. The topological polar surface area (TPSA) is 104 Å². The zero-order valence-corrected chi connectivity index (χ0v) is 14.8. The third-order valence-electron chi connectivity index (χ3n) is 4.01. The molecule has 0 aromatic heterocycles. The molecule has 2 atom stereocenters. The van der Waals surface area contributed by atoms with Crippen molar-refractivity contribution in [2.24, 2.45) is 5.92 Å². The first-order valence-electron chi connectivity index (χ1n) is 8.54. The minimum Gasteiger partial charge on any atom is -0.479 e. The van der Waals surface area contributed by atoms with Crippen LogP contribution in [0.1, 0.15) is 36.2 Å². The summed E-state index contributed by atoms with van der Waals surface area (Å²) >= 11 is 0. The maximum atomic E-state index is 12.7. The highest BCUT2D eigenvalue weighted by atomic mass is 19.1. The van der Waals surface area contributed by atoms with Gasteiger partial charge in [0, 0.05) is 0 Å². The fourth-order valence-corrected chi connectivity index (χ4v) is 2.25. The molecule has 2 aromatic carbocycles. The van der Waals surface area contributed by atoms with Gasteiger partial charge in [-0.1, -0.05) is 24.3 Å². The molecule has 8 heteroatoms. The number of hydrogen-bond donors (Lipinski definition) is 3. The molecule has 28 heavy (non-hydrogen) atoms. The first-order chi connectivity index (χ1) is 13.3. The molecule has 2 unspecified atom stereocenters. The predicted octanol–water partition coefficient (Wildman–Crippen LogP) is 3.32. The number of carboxylic acids is 2. The summed E-state index contributed by atoms with van der Waals surface area (Å²) in [6.45, 7) is 0.467. The summed E-state index contributed by atoms with van der Waals surface area (Å²) in [6, 6.07) is 10.0. The van der Waals surface area contributed by atoms with E-state index in [0.29, 0.717) is 18.1 Å². The number of aliphatic carboxylic acids is 2. The van der Waals surface area contributed by atoms with E-state index in [1.54, 1.807) is 0 Å². The number of ether oxygens (including phenoxy) is 1. The van der Waals surface area contributed by atoms with Crippen LogP contribution in [0.3, 0.4) is 0 Å². The number of carbonyl (C=O) groups is 2. The zero-order chi connectivity index (χ0) is 20.7. The Balaban J connectivity index is 0.000000209. The first kappa shape index (κ1) is 21.5. The van der Waals surface area contributed by atoms with Crippen LogP contribution in [0.2, 0.25) is 0 Å². The van der Waals surface area contributed by atoms with Crippen LogP contribution in [0, 0.1) is 17.6 Å². The second-order valence-electron chi connectivity index (χ2n) is 6.34. The SMILES string of the molecule is O=C(O)C(O)c1ccc(F)cc1.O=C(O)C(OCC1CC1)c1ccc(F)cc1. The second-order valence-corrected chi connectivity index (χ2v) is 6.34. The molecule has 0 amide bonds. The van der Waals surface area contributed by atoms with Gasteiger partial charge < -0.3 is 20.1 Å². The molecule has 1 fully saturated rings. The molecule has 3 rings (SSSR count). The summed E-state index contributed by atoms with van der Waals surface area (Å²) in [7, 11) is 0. The van der Waals surface area contributed by atoms with Crippen molar-refractivity contribution in [1.82, 2.24) is 0 Å². The van der Waals surface area contributed by atoms with Crippen LogP contribution >= 0.6 is 0 Å². The van der Waals surface area contributed by atoms with Crippen molar-refractivity contribution >= 4 is 11.9 Å². The normalized spacial score (nSPS) is 15.1. The lowest BCUT2D eigenvalue weighted by Gasteiger charge is -2.13. The number of halogens is 2. The van der Waals surface area contributed by atoms with Crippen molar-refractivity contribution < 1.29 is 38.4 Å². The maximum Gasteiger partial charge on any atom is 0.337 e. The molecule has 0 saturated heterocycles. The Labute approximate surface area is 160 Å². The Kier molecular flexibility index (Phi) is 7.60. The molecule has 0 heterocycles. The van der Waals surface area contributed by atoms with Gasteiger partial charge in [-0.3, -0.25) is 0 Å². The summed E-state index contributed by atoms with van der Waals surface area (Å²) in [5, 5.41) is 26.3. The van der Waals surface area contributed by atoms with E-state index in [0.717, 1.165) is 25.0 Å². The van der Waals surface area contributed by atoms with Gasteiger partial charge in [0.25, 0.3) is 0 Å². The highest BCUT2D eigenvalue weighted by molar-refractivity contribution is 5.74. The van der Waals surface area contributed by atoms with Gasteiger partial charge in [-0.25, -0.2) is 18.4 Å². The number of rotatable bonds is 7. The van der Waals surface area contributed by atoms with E-state index in [9.17, 15) is 18.4 Å². The lowest BCUT2D eigenvalue weighted by Crippen LogP contribution is -2.16. The summed E-state index contributed by atoms with van der Waals surface area (Å²) in [6.07, 6.45) is -0.349. The van der Waals surface area contributed by atoms with Gasteiger partial charge in [0.05, 0.1) is 6.61 Å². The third kappa shape index (κ3) is 6.71. The Morgan fingerprint density at radius 3 is 1.75 bits per heavy atom. The van der Waals surface area contributed by atoms with Crippen molar-refractivity contribution in [3.05, 3.63) is 71.3 Å². The summed E-state index contributed by atoms with van der Waals surface area (Å²) < 4.78 is 30.3. The molecule has 2 aromatic rings. The van der Waals surface area contributed by atoms with Gasteiger partial charge in [-0.15, -0.1) is 0 Å². The van der Waals surface area contributed by atoms with E-state index >= 15 is 0 Å². The molecule has 150 valence electrons. The van der Waals surface area contributed by atoms with Crippen LogP contribution in [0.15, 0.2) is 48.5 Å². The monoisotopic (exact) mass is 394 g/mol. The van der Waals surface area contributed by atoms with E-state index in [-0.39, 0.29) is 11.4 Å². The van der Waals surface area contributed by atoms with E-state index in [1.807, 2.05) is 0 Å². The molecule has 0 aliphatic heterocycles. The Hall–Kier alpha value is -2.84. The highest BCUT2D eigenvalue weighted by Gasteiger charge is 2.26. The van der Waals surface area contributed by atoms with Crippen LogP contribution in [0.5, 0.6) is 0 Å². The average Bonchev–Trinajstić information content (AvgIpc) is 3.48. The summed E-state index contributed by atoms with van der Waals surface area (Å²) in [5.41, 5.74) is 0.651. The molecule has 0 spiro atoms. The van der Waals surface area contributed by atoms with Gasteiger partial charge in [-0.05, 0) is 54.2 Å². The fourth-order valence-electron chi connectivity index (χ4n) is 2.25. The second kappa shape index (κ2) is 9.91. The average molecular weight is 394 g/mol. The van der Waals surface area contributed by atoms with E-state index in [2.05, 4.69) is 0 Å². The van der Waals surface area contributed by atoms with Crippen molar-refractivity contribution in [2.45, 2.75) is 25.0 Å². The number of hydrogen-bond acceptors (Lipinski definition) is 4. The van der Waals surface area contributed by atoms with Crippen molar-refractivity contribution in [3.8, 4) is 0 Å². The van der Waals surface area contributed by atoms with Crippen LogP contribution in [-0.2, 0) is 14.3 Å². The van der Waals surface area contributed by atoms with E-state index in [4.69, 9.17) is 20.1 Å². The minimum absolute atomic E-state index is 0.170.